The Bertz CT molecular complexity index is 595. The van der Waals surface area contributed by atoms with E-state index in [0.717, 1.165) is 16.8 Å². The van der Waals surface area contributed by atoms with E-state index in [1.807, 2.05) is 48.5 Å². The highest BCUT2D eigenvalue weighted by molar-refractivity contribution is 6.32. The minimum Gasteiger partial charge on any atom is -0.307 e. The van der Waals surface area contributed by atoms with Crippen LogP contribution < -0.4 is 4.90 Å². The average molecular weight is 258 g/mol. The Morgan fingerprint density at radius 2 is 1.83 bits per heavy atom. The number of anilines is 1. The van der Waals surface area contributed by atoms with Crippen LogP contribution >= 0.6 is 11.6 Å². The third kappa shape index (κ3) is 1.89. The molecule has 0 fully saturated rings. The van der Waals surface area contributed by atoms with E-state index in [0.29, 0.717) is 18.0 Å². The zero-order chi connectivity index (χ0) is 12.5. The van der Waals surface area contributed by atoms with Crippen LogP contribution in [-0.4, -0.2) is 5.91 Å². The largest absolute Gasteiger partial charge is 0.307 e. The first-order chi connectivity index (χ1) is 8.75. The molecule has 1 amide bonds. The number of carbonyl (C=O) groups is 1. The minimum absolute atomic E-state index is 0.113. The van der Waals surface area contributed by atoms with Gasteiger partial charge in [0.05, 0.1) is 13.0 Å². The molecule has 1 heterocycles. The molecule has 3 rings (SSSR count). The molecule has 2 nitrogen and oxygen atoms in total. The molecule has 0 spiro atoms. The molecule has 0 aromatic heterocycles. The second-order valence-electron chi connectivity index (χ2n) is 4.38. The summed E-state index contributed by atoms with van der Waals surface area (Å²) >= 11 is 6.12. The maximum Gasteiger partial charge on any atom is 0.231 e. The molecule has 3 heteroatoms. The molecule has 0 N–H and O–H groups in total. The summed E-state index contributed by atoms with van der Waals surface area (Å²) in [5, 5.41) is 0.677. The number of hydrogen-bond acceptors (Lipinski definition) is 1. The van der Waals surface area contributed by atoms with Gasteiger partial charge in [-0.3, -0.25) is 4.79 Å². The van der Waals surface area contributed by atoms with Crippen LogP contribution in [0, 0.1) is 0 Å². The van der Waals surface area contributed by atoms with E-state index in [2.05, 4.69) is 0 Å². The first-order valence-corrected chi connectivity index (χ1v) is 6.25. The molecule has 0 saturated carbocycles. The summed E-state index contributed by atoms with van der Waals surface area (Å²) in [6.07, 6.45) is 0.405. The number of rotatable bonds is 2. The van der Waals surface area contributed by atoms with Crippen molar-refractivity contribution in [2.75, 3.05) is 4.90 Å². The molecular weight excluding hydrogens is 246 g/mol. The molecule has 0 saturated heterocycles. The van der Waals surface area contributed by atoms with Gasteiger partial charge >= 0.3 is 0 Å². The van der Waals surface area contributed by atoms with Crippen molar-refractivity contribution in [3.05, 3.63) is 64.7 Å². The predicted molar refractivity (Wildman–Crippen MR) is 72.8 cm³/mol. The second-order valence-corrected chi connectivity index (χ2v) is 4.79. The van der Waals surface area contributed by atoms with Crippen LogP contribution in [0.2, 0.25) is 5.02 Å². The first-order valence-electron chi connectivity index (χ1n) is 5.87. The zero-order valence-electron chi connectivity index (χ0n) is 9.77. The minimum atomic E-state index is 0.113. The van der Waals surface area contributed by atoms with Crippen molar-refractivity contribution in [2.24, 2.45) is 0 Å². The zero-order valence-corrected chi connectivity index (χ0v) is 10.5. The number of hydrogen-bond donors (Lipinski definition) is 0. The van der Waals surface area contributed by atoms with E-state index >= 15 is 0 Å². The van der Waals surface area contributed by atoms with Crippen LogP contribution in [0.4, 0.5) is 5.69 Å². The fourth-order valence-electron chi connectivity index (χ4n) is 2.30. The Morgan fingerprint density at radius 1 is 1.06 bits per heavy atom. The van der Waals surface area contributed by atoms with Crippen molar-refractivity contribution in [1.29, 1.82) is 0 Å². The smallest absolute Gasteiger partial charge is 0.231 e. The van der Waals surface area contributed by atoms with Gasteiger partial charge in [-0.15, -0.1) is 0 Å². The molecule has 90 valence electrons. The summed E-state index contributed by atoms with van der Waals surface area (Å²) in [7, 11) is 0. The van der Waals surface area contributed by atoms with Crippen molar-refractivity contribution in [2.45, 2.75) is 13.0 Å². The van der Waals surface area contributed by atoms with Gasteiger partial charge in [0.2, 0.25) is 5.91 Å². The summed E-state index contributed by atoms with van der Waals surface area (Å²) < 4.78 is 0. The highest BCUT2D eigenvalue weighted by Gasteiger charge is 2.28. The van der Waals surface area contributed by atoms with Crippen LogP contribution in [0.5, 0.6) is 0 Å². The van der Waals surface area contributed by atoms with E-state index in [1.165, 1.54) is 0 Å². The molecule has 0 unspecified atom stereocenters. The quantitative estimate of drug-likeness (QED) is 0.807. The Hall–Kier alpha value is -1.80. The van der Waals surface area contributed by atoms with Gasteiger partial charge in [0, 0.05) is 16.3 Å². The fraction of sp³-hybridized carbons (Fsp3) is 0.133. The number of fused-ring (bicyclic) bond motifs is 1. The molecule has 0 aliphatic carbocycles. The third-order valence-electron chi connectivity index (χ3n) is 3.20. The Balaban J connectivity index is 1.95. The van der Waals surface area contributed by atoms with Crippen molar-refractivity contribution >= 4 is 23.2 Å². The van der Waals surface area contributed by atoms with E-state index in [-0.39, 0.29) is 5.91 Å². The Kier molecular flexibility index (Phi) is 2.80. The van der Waals surface area contributed by atoms with Crippen molar-refractivity contribution in [3.63, 3.8) is 0 Å². The molecular formula is C15H12ClNO. The molecule has 0 bridgehead atoms. The standard InChI is InChI=1S/C15H12ClNO/c16-13-7-4-8-14-12(13)9-15(18)17(14)10-11-5-2-1-3-6-11/h1-8H,9-10H2. The fourth-order valence-corrected chi connectivity index (χ4v) is 2.53. The summed E-state index contributed by atoms with van der Waals surface area (Å²) in [5.41, 5.74) is 3.01. The molecule has 2 aromatic carbocycles. The van der Waals surface area contributed by atoms with Crippen LogP contribution in [0.3, 0.4) is 0 Å². The van der Waals surface area contributed by atoms with Gasteiger partial charge in [0.15, 0.2) is 0 Å². The molecule has 0 atom stereocenters. The Morgan fingerprint density at radius 3 is 2.61 bits per heavy atom. The SMILES string of the molecule is O=C1Cc2c(Cl)cccc2N1Cc1ccccc1. The lowest BCUT2D eigenvalue weighted by Gasteiger charge is -2.17. The van der Waals surface area contributed by atoms with Gasteiger partial charge in [-0.25, -0.2) is 0 Å². The maximum atomic E-state index is 12.1. The van der Waals surface area contributed by atoms with E-state index < -0.39 is 0 Å². The second kappa shape index (κ2) is 4.46. The van der Waals surface area contributed by atoms with E-state index in [4.69, 9.17) is 11.6 Å². The highest BCUT2D eigenvalue weighted by atomic mass is 35.5. The molecule has 2 aromatic rings. The van der Waals surface area contributed by atoms with Gasteiger partial charge < -0.3 is 4.90 Å². The van der Waals surface area contributed by atoms with E-state index in [9.17, 15) is 4.79 Å². The topological polar surface area (TPSA) is 20.3 Å². The van der Waals surface area contributed by atoms with E-state index in [1.54, 1.807) is 4.90 Å². The number of halogens is 1. The molecule has 1 aliphatic heterocycles. The summed E-state index contributed by atoms with van der Waals surface area (Å²) in [5.74, 6) is 0.113. The number of carbonyl (C=O) groups excluding carboxylic acids is 1. The van der Waals surface area contributed by atoms with Crippen LogP contribution in [0.1, 0.15) is 11.1 Å². The van der Waals surface area contributed by atoms with Gasteiger partial charge in [-0.05, 0) is 17.7 Å². The summed E-state index contributed by atoms with van der Waals surface area (Å²) in [4.78, 5) is 13.9. The van der Waals surface area contributed by atoms with Crippen LogP contribution in [-0.2, 0) is 17.8 Å². The lowest BCUT2D eigenvalue weighted by molar-refractivity contribution is -0.117. The van der Waals surface area contributed by atoms with Gasteiger partial charge in [-0.1, -0.05) is 48.0 Å². The van der Waals surface area contributed by atoms with Crippen LogP contribution in [0.25, 0.3) is 0 Å². The predicted octanol–water partition coefficient (Wildman–Crippen LogP) is 3.43. The summed E-state index contributed by atoms with van der Waals surface area (Å²) in [6, 6.07) is 15.7. The molecule has 1 aliphatic rings. The lowest BCUT2D eigenvalue weighted by atomic mass is 10.1. The van der Waals surface area contributed by atoms with Crippen LogP contribution in [0.15, 0.2) is 48.5 Å². The normalized spacial score (nSPS) is 13.8. The average Bonchev–Trinajstić information content (AvgIpc) is 2.70. The third-order valence-corrected chi connectivity index (χ3v) is 3.55. The van der Waals surface area contributed by atoms with Crippen molar-refractivity contribution in [3.8, 4) is 0 Å². The van der Waals surface area contributed by atoms with Gasteiger partial charge in [0.25, 0.3) is 0 Å². The number of amides is 1. The highest BCUT2D eigenvalue weighted by Crippen LogP contribution is 2.34. The van der Waals surface area contributed by atoms with Crippen molar-refractivity contribution < 1.29 is 4.79 Å². The van der Waals surface area contributed by atoms with Gasteiger partial charge in [-0.2, -0.15) is 0 Å². The Labute approximate surface area is 111 Å². The number of nitrogens with zero attached hydrogens (tertiary/aromatic N) is 1. The molecule has 18 heavy (non-hydrogen) atoms. The number of benzene rings is 2. The monoisotopic (exact) mass is 257 g/mol. The van der Waals surface area contributed by atoms with Crippen molar-refractivity contribution in [1.82, 2.24) is 0 Å². The first kappa shape index (κ1) is 11.3. The maximum absolute atomic E-state index is 12.1. The van der Waals surface area contributed by atoms with Gasteiger partial charge in [0.1, 0.15) is 0 Å². The lowest BCUT2D eigenvalue weighted by Crippen LogP contribution is -2.25. The molecule has 0 radical (unpaired) electrons. The summed E-state index contributed by atoms with van der Waals surface area (Å²) in [6.45, 7) is 0.604.